The number of nitrogens with zero attached hydrogens (tertiary/aromatic N) is 1. The summed E-state index contributed by atoms with van der Waals surface area (Å²) in [6, 6.07) is 0.230. The molecule has 3 nitrogen and oxygen atoms in total. The lowest BCUT2D eigenvalue weighted by Crippen LogP contribution is -2.43. The highest BCUT2D eigenvalue weighted by Crippen LogP contribution is 2.22. The number of halogens is 3. The molecule has 6 heteroatoms. The summed E-state index contributed by atoms with van der Waals surface area (Å²) in [6.45, 7) is 5.90. The van der Waals surface area contributed by atoms with Gasteiger partial charge in [-0.2, -0.15) is 13.2 Å². The summed E-state index contributed by atoms with van der Waals surface area (Å²) in [5, 5.41) is 3.27. The van der Waals surface area contributed by atoms with Crippen LogP contribution in [0.1, 0.15) is 39.5 Å². The maximum absolute atomic E-state index is 12.2. The molecule has 1 N–H and O–H groups in total. The van der Waals surface area contributed by atoms with Crippen molar-refractivity contribution in [3.63, 3.8) is 0 Å². The minimum Gasteiger partial charge on any atom is -0.341 e. The first-order valence-corrected chi connectivity index (χ1v) is 6.86. The second-order valence-corrected chi connectivity index (χ2v) is 5.60. The van der Waals surface area contributed by atoms with Crippen LogP contribution in [0.15, 0.2) is 0 Å². The lowest BCUT2D eigenvalue weighted by atomic mass is 10.1. The minimum atomic E-state index is -4.26. The summed E-state index contributed by atoms with van der Waals surface area (Å²) in [6.07, 6.45) is -3.68. The van der Waals surface area contributed by atoms with Gasteiger partial charge in [-0.25, -0.2) is 0 Å². The third-order valence-corrected chi connectivity index (χ3v) is 3.16. The van der Waals surface area contributed by atoms with Crippen LogP contribution < -0.4 is 5.32 Å². The Hall–Kier alpha value is -0.780. The number of carbonyl (C=O) groups excluding carboxylic acids is 1. The van der Waals surface area contributed by atoms with Crippen LogP contribution in [0.3, 0.4) is 0 Å². The molecule has 19 heavy (non-hydrogen) atoms. The van der Waals surface area contributed by atoms with Gasteiger partial charge in [-0.05, 0) is 25.3 Å². The van der Waals surface area contributed by atoms with Crippen molar-refractivity contribution < 1.29 is 18.0 Å². The van der Waals surface area contributed by atoms with Gasteiger partial charge in [0.2, 0.25) is 5.91 Å². The Morgan fingerprint density at radius 1 is 1.42 bits per heavy atom. The first-order chi connectivity index (χ1) is 8.78. The molecule has 0 bridgehead atoms. The van der Waals surface area contributed by atoms with Gasteiger partial charge >= 0.3 is 6.18 Å². The van der Waals surface area contributed by atoms with E-state index in [4.69, 9.17) is 0 Å². The standard InChI is InChI=1S/C13H23F3N2O/c1-10(2)8-18(9-11-4-3-7-17-11)12(19)5-6-13(14,15)16/h10-11,17H,3-9H2,1-2H3. The molecule has 1 saturated heterocycles. The Bertz CT molecular complexity index is 286. The van der Waals surface area contributed by atoms with Gasteiger partial charge in [0.25, 0.3) is 0 Å². The van der Waals surface area contributed by atoms with Gasteiger partial charge < -0.3 is 10.2 Å². The number of carbonyl (C=O) groups is 1. The second-order valence-electron chi connectivity index (χ2n) is 5.60. The van der Waals surface area contributed by atoms with Gasteiger partial charge in [0.1, 0.15) is 0 Å². The SMILES string of the molecule is CC(C)CN(CC1CCCN1)C(=O)CCC(F)(F)F. The normalized spacial score (nSPS) is 20.0. The summed E-state index contributed by atoms with van der Waals surface area (Å²) < 4.78 is 36.5. The highest BCUT2D eigenvalue weighted by atomic mass is 19.4. The van der Waals surface area contributed by atoms with Crippen LogP contribution in [0.4, 0.5) is 13.2 Å². The zero-order valence-electron chi connectivity index (χ0n) is 11.6. The zero-order chi connectivity index (χ0) is 14.5. The smallest absolute Gasteiger partial charge is 0.341 e. The summed E-state index contributed by atoms with van der Waals surface area (Å²) >= 11 is 0. The average molecular weight is 280 g/mol. The first-order valence-electron chi connectivity index (χ1n) is 6.86. The second kappa shape index (κ2) is 7.12. The predicted octanol–water partition coefficient (Wildman–Crippen LogP) is 2.57. The molecule has 1 unspecified atom stereocenters. The lowest BCUT2D eigenvalue weighted by molar-refractivity contribution is -0.149. The summed E-state index contributed by atoms with van der Waals surface area (Å²) in [5.41, 5.74) is 0. The summed E-state index contributed by atoms with van der Waals surface area (Å²) in [4.78, 5) is 13.5. The average Bonchev–Trinajstić information content (AvgIpc) is 2.76. The molecule has 0 radical (unpaired) electrons. The monoisotopic (exact) mass is 280 g/mol. The molecule has 0 aliphatic carbocycles. The fraction of sp³-hybridized carbons (Fsp3) is 0.923. The Balaban J connectivity index is 2.49. The van der Waals surface area contributed by atoms with Crippen LogP contribution in [0.5, 0.6) is 0 Å². The van der Waals surface area contributed by atoms with Crippen molar-refractivity contribution in [3.05, 3.63) is 0 Å². The van der Waals surface area contributed by atoms with Gasteiger partial charge in [-0.1, -0.05) is 13.8 Å². The molecule has 112 valence electrons. The molecule has 0 spiro atoms. The zero-order valence-corrected chi connectivity index (χ0v) is 11.6. The van der Waals surface area contributed by atoms with E-state index < -0.39 is 19.0 Å². The van der Waals surface area contributed by atoms with E-state index in [1.54, 1.807) is 4.90 Å². The maximum Gasteiger partial charge on any atom is 0.389 e. The van der Waals surface area contributed by atoms with Crippen molar-refractivity contribution in [2.45, 2.75) is 51.7 Å². The van der Waals surface area contributed by atoms with Crippen molar-refractivity contribution in [1.82, 2.24) is 10.2 Å². The Labute approximate surface area is 112 Å². The third-order valence-electron chi connectivity index (χ3n) is 3.16. The highest BCUT2D eigenvalue weighted by Gasteiger charge is 2.30. The van der Waals surface area contributed by atoms with Crippen LogP contribution in [0.2, 0.25) is 0 Å². The largest absolute Gasteiger partial charge is 0.389 e. The topological polar surface area (TPSA) is 32.3 Å². The summed E-state index contributed by atoms with van der Waals surface area (Å²) in [7, 11) is 0. The van der Waals surface area contributed by atoms with Crippen molar-refractivity contribution in [1.29, 1.82) is 0 Å². The van der Waals surface area contributed by atoms with E-state index in [9.17, 15) is 18.0 Å². The third kappa shape index (κ3) is 6.80. The van der Waals surface area contributed by atoms with E-state index in [0.29, 0.717) is 13.1 Å². The molecule has 1 rings (SSSR count). The number of alkyl halides is 3. The number of hydrogen-bond donors (Lipinski definition) is 1. The fourth-order valence-electron chi connectivity index (χ4n) is 2.30. The van der Waals surface area contributed by atoms with Crippen LogP contribution >= 0.6 is 0 Å². The van der Waals surface area contributed by atoms with Crippen molar-refractivity contribution >= 4 is 5.91 Å². The van der Waals surface area contributed by atoms with Crippen LogP contribution in [0.25, 0.3) is 0 Å². The highest BCUT2D eigenvalue weighted by molar-refractivity contribution is 5.76. The van der Waals surface area contributed by atoms with Crippen molar-refractivity contribution in [2.75, 3.05) is 19.6 Å². The predicted molar refractivity (Wildman–Crippen MR) is 67.7 cm³/mol. The molecule has 1 aliphatic heterocycles. The van der Waals surface area contributed by atoms with Gasteiger partial charge in [0.05, 0.1) is 6.42 Å². The van der Waals surface area contributed by atoms with Crippen LogP contribution in [-0.2, 0) is 4.79 Å². The fourth-order valence-corrected chi connectivity index (χ4v) is 2.30. The number of amides is 1. The molecular weight excluding hydrogens is 257 g/mol. The van der Waals surface area contributed by atoms with E-state index in [0.717, 1.165) is 19.4 Å². The van der Waals surface area contributed by atoms with E-state index in [2.05, 4.69) is 5.32 Å². The Morgan fingerprint density at radius 3 is 2.58 bits per heavy atom. The van der Waals surface area contributed by atoms with Crippen molar-refractivity contribution in [3.8, 4) is 0 Å². The van der Waals surface area contributed by atoms with Gasteiger partial charge in [-0.15, -0.1) is 0 Å². The molecule has 1 atom stereocenters. The van der Waals surface area contributed by atoms with E-state index in [-0.39, 0.29) is 17.9 Å². The number of nitrogens with one attached hydrogen (secondary N) is 1. The molecular formula is C13H23F3N2O. The minimum absolute atomic E-state index is 0.230. The molecule has 1 aliphatic rings. The molecule has 1 amide bonds. The summed E-state index contributed by atoms with van der Waals surface area (Å²) in [5.74, 6) is -0.129. The molecule has 0 aromatic rings. The number of hydrogen-bond acceptors (Lipinski definition) is 2. The maximum atomic E-state index is 12.2. The van der Waals surface area contributed by atoms with Crippen molar-refractivity contribution in [2.24, 2.45) is 5.92 Å². The quantitative estimate of drug-likeness (QED) is 0.811. The van der Waals surface area contributed by atoms with E-state index in [1.807, 2.05) is 13.8 Å². The molecule has 1 fully saturated rings. The van der Waals surface area contributed by atoms with Gasteiger partial charge in [0.15, 0.2) is 0 Å². The van der Waals surface area contributed by atoms with Crippen LogP contribution in [-0.4, -0.2) is 42.7 Å². The lowest BCUT2D eigenvalue weighted by Gasteiger charge is -2.27. The van der Waals surface area contributed by atoms with E-state index in [1.165, 1.54) is 0 Å². The Morgan fingerprint density at radius 2 is 2.11 bits per heavy atom. The first kappa shape index (κ1) is 16.3. The number of rotatable bonds is 6. The van der Waals surface area contributed by atoms with Gasteiger partial charge in [0, 0.05) is 25.6 Å². The van der Waals surface area contributed by atoms with Gasteiger partial charge in [-0.3, -0.25) is 4.79 Å². The molecule has 0 aromatic carbocycles. The Kier molecular flexibility index (Phi) is 6.10. The van der Waals surface area contributed by atoms with E-state index >= 15 is 0 Å². The molecule has 1 heterocycles. The van der Waals surface area contributed by atoms with Crippen LogP contribution in [0, 0.1) is 5.92 Å². The molecule has 0 aromatic heterocycles. The molecule has 0 saturated carbocycles.